The minimum atomic E-state index is -2.00. The molecule has 1 aromatic rings. The lowest BCUT2D eigenvalue weighted by Crippen LogP contribution is -2.24. The summed E-state index contributed by atoms with van der Waals surface area (Å²) in [6, 6.07) is 5.02. The third kappa shape index (κ3) is 3.34. The average molecular weight is 242 g/mol. The van der Waals surface area contributed by atoms with Gasteiger partial charge in [-0.2, -0.15) is 0 Å². The maximum absolute atomic E-state index is 13.7. The molecule has 0 aliphatic heterocycles. The van der Waals surface area contributed by atoms with Crippen molar-refractivity contribution in [1.82, 2.24) is 0 Å². The quantitative estimate of drug-likeness (QED) is 0.729. The summed E-state index contributed by atoms with van der Waals surface area (Å²) in [6.07, 6.45) is 3.34. The van der Waals surface area contributed by atoms with Gasteiger partial charge in [-0.05, 0) is 33.4 Å². The summed E-state index contributed by atoms with van der Waals surface area (Å²) in [5.74, 6) is -0.240. The van der Waals surface area contributed by atoms with Gasteiger partial charge >= 0.3 is 0 Å². The minimum Gasteiger partial charge on any atom is -0.268 e. The van der Waals surface area contributed by atoms with Crippen LogP contribution in [0.4, 0.5) is 4.39 Å². The normalized spacial score (nSPS) is 12.6. The van der Waals surface area contributed by atoms with E-state index in [2.05, 4.69) is 0 Å². The zero-order valence-electron chi connectivity index (χ0n) is 10.5. The highest BCUT2D eigenvalue weighted by Crippen LogP contribution is 2.25. The van der Waals surface area contributed by atoms with Gasteiger partial charge in [0.1, 0.15) is 5.82 Å². The van der Waals surface area contributed by atoms with Gasteiger partial charge in [-0.1, -0.05) is 31.5 Å². The van der Waals surface area contributed by atoms with Crippen LogP contribution < -0.4 is 0 Å². The zero-order chi connectivity index (χ0) is 12.6. The number of benzene rings is 1. The summed E-state index contributed by atoms with van der Waals surface area (Å²) >= 11 is 0. The van der Waals surface area contributed by atoms with Gasteiger partial charge in [0, 0.05) is 17.9 Å². The molecule has 3 heteroatoms. The lowest BCUT2D eigenvalue weighted by molar-refractivity contribution is 0.578. The first-order valence-corrected chi connectivity index (χ1v) is 7.62. The third-order valence-corrected chi connectivity index (χ3v) is 3.55. The van der Waals surface area contributed by atoms with E-state index in [0.29, 0.717) is 5.56 Å². The standard InChI is InChI=1S/C13H19FOS/c1-10-6-7-12(14)11(8-10)13(2,3)9-16(4,5)15/h6-9H,1-5H3. The van der Waals surface area contributed by atoms with Crippen LogP contribution in [0.1, 0.15) is 25.0 Å². The Morgan fingerprint density at radius 3 is 2.38 bits per heavy atom. The predicted molar refractivity (Wildman–Crippen MR) is 70.2 cm³/mol. The Balaban J connectivity index is 3.38. The van der Waals surface area contributed by atoms with Crippen molar-refractivity contribution in [2.75, 3.05) is 12.5 Å². The Bertz CT molecular complexity index is 501. The molecule has 0 fully saturated rings. The fourth-order valence-electron chi connectivity index (χ4n) is 1.91. The first-order chi connectivity index (χ1) is 7.12. The van der Waals surface area contributed by atoms with Gasteiger partial charge in [-0.25, -0.2) is 4.39 Å². The summed E-state index contributed by atoms with van der Waals surface area (Å²) in [6.45, 7) is 5.70. The van der Waals surface area contributed by atoms with Gasteiger partial charge in [-0.15, -0.1) is 0 Å². The molecule has 0 saturated carbocycles. The molecule has 0 unspecified atom stereocenters. The van der Waals surface area contributed by atoms with Crippen molar-refractivity contribution >= 4 is 14.9 Å². The molecule has 16 heavy (non-hydrogen) atoms. The molecule has 0 aliphatic rings. The molecule has 0 aromatic heterocycles. The van der Waals surface area contributed by atoms with Crippen molar-refractivity contribution in [3.63, 3.8) is 0 Å². The van der Waals surface area contributed by atoms with E-state index < -0.39 is 14.9 Å². The smallest absolute Gasteiger partial charge is 0.127 e. The summed E-state index contributed by atoms with van der Waals surface area (Å²) < 4.78 is 25.5. The number of aryl methyl sites for hydroxylation is 1. The molecule has 0 bridgehead atoms. The fourth-order valence-corrected chi connectivity index (χ4v) is 3.45. The Morgan fingerprint density at radius 2 is 1.88 bits per heavy atom. The van der Waals surface area contributed by atoms with E-state index in [0.717, 1.165) is 5.56 Å². The number of hydrogen-bond donors (Lipinski definition) is 0. The molecular formula is C13H19FOS. The predicted octanol–water partition coefficient (Wildman–Crippen LogP) is 2.76. The highest BCUT2D eigenvalue weighted by atomic mass is 32.2. The van der Waals surface area contributed by atoms with Crippen LogP contribution in [-0.2, 0) is 14.9 Å². The van der Waals surface area contributed by atoms with Crippen LogP contribution >= 0.6 is 0 Å². The van der Waals surface area contributed by atoms with Crippen LogP contribution in [0, 0.1) is 12.7 Å². The maximum Gasteiger partial charge on any atom is 0.127 e. The maximum atomic E-state index is 13.7. The van der Waals surface area contributed by atoms with Crippen molar-refractivity contribution in [2.45, 2.75) is 26.2 Å². The average Bonchev–Trinajstić information content (AvgIpc) is 2.04. The summed E-state index contributed by atoms with van der Waals surface area (Å²) in [4.78, 5) is 0. The van der Waals surface area contributed by atoms with Crippen LogP contribution in [0.5, 0.6) is 0 Å². The van der Waals surface area contributed by atoms with Crippen molar-refractivity contribution in [3.8, 4) is 0 Å². The van der Waals surface area contributed by atoms with E-state index in [-0.39, 0.29) is 5.82 Å². The van der Waals surface area contributed by atoms with Crippen molar-refractivity contribution in [2.24, 2.45) is 0 Å². The molecule has 0 radical (unpaired) electrons. The molecule has 0 atom stereocenters. The molecular weight excluding hydrogens is 223 g/mol. The Morgan fingerprint density at radius 1 is 1.31 bits per heavy atom. The van der Waals surface area contributed by atoms with Gasteiger partial charge in [-0.3, -0.25) is 4.21 Å². The molecule has 1 rings (SSSR count). The van der Waals surface area contributed by atoms with Gasteiger partial charge in [0.25, 0.3) is 0 Å². The lowest BCUT2D eigenvalue weighted by Gasteiger charge is -2.23. The first-order valence-electron chi connectivity index (χ1n) is 5.18. The lowest BCUT2D eigenvalue weighted by atomic mass is 9.86. The SMILES string of the molecule is Cc1ccc(F)c(C(C)(C)C=S(C)(C)=O)c1. The minimum absolute atomic E-state index is 0.240. The molecule has 0 saturated heterocycles. The summed E-state index contributed by atoms with van der Waals surface area (Å²) in [5, 5.41) is 1.73. The summed E-state index contributed by atoms with van der Waals surface area (Å²) in [5.41, 5.74) is 1.09. The second-order valence-electron chi connectivity index (χ2n) is 5.13. The van der Waals surface area contributed by atoms with Crippen molar-refractivity contribution in [3.05, 3.63) is 35.1 Å². The molecule has 0 aliphatic carbocycles. The van der Waals surface area contributed by atoms with Crippen molar-refractivity contribution in [1.29, 1.82) is 0 Å². The zero-order valence-corrected chi connectivity index (χ0v) is 11.3. The first kappa shape index (κ1) is 13.2. The van der Waals surface area contributed by atoms with Crippen LogP contribution in [0.3, 0.4) is 0 Å². The highest BCUT2D eigenvalue weighted by molar-refractivity contribution is 8.00. The van der Waals surface area contributed by atoms with Gasteiger partial charge in [0.15, 0.2) is 0 Å². The second-order valence-corrected chi connectivity index (χ2v) is 7.99. The molecule has 0 spiro atoms. The monoisotopic (exact) mass is 242 g/mol. The Labute approximate surface area is 97.7 Å². The van der Waals surface area contributed by atoms with Crippen LogP contribution in [0.25, 0.3) is 0 Å². The van der Waals surface area contributed by atoms with E-state index in [1.807, 2.05) is 26.8 Å². The Kier molecular flexibility index (Phi) is 3.48. The van der Waals surface area contributed by atoms with E-state index in [1.54, 1.807) is 23.9 Å². The van der Waals surface area contributed by atoms with Gasteiger partial charge < -0.3 is 0 Å². The molecule has 0 amide bonds. The van der Waals surface area contributed by atoms with E-state index >= 15 is 0 Å². The van der Waals surface area contributed by atoms with E-state index in [1.165, 1.54) is 6.07 Å². The number of halogens is 1. The molecule has 90 valence electrons. The largest absolute Gasteiger partial charge is 0.268 e. The van der Waals surface area contributed by atoms with E-state index in [4.69, 9.17) is 0 Å². The van der Waals surface area contributed by atoms with Gasteiger partial charge in [0.05, 0.1) is 0 Å². The topological polar surface area (TPSA) is 17.1 Å². The molecule has 1 aromatic carbocycles. The van der Waals surface area contributed by atoms with Crippen LogP contribution in [-0.4, -0.2) is 22.1 Å². The third-order valence-electron chi connectivity index (χ3n) is 2.39. The molecule has 0 heterocycles. The summed E-state index contributed by atoms with van der Waals surface area (Å²) in [7, 11) is -2.00. The Hall–Kier alpha value is -0.830. The highest BCUT2D eigenvalue weighted by Gasteiger charge is 2.22. The van der Waals surface area contributed by atoms with Crippen LogP contribution in [0.15, 0.2) is 18.2 Å². The van der Waals surface area contributed by atoms with Crippen molar-refractivity contribution < 1.29 is 8.60 Å². The van der Waals surface area contributed by atoms with E-state index in [9.17, 15) is 8.60 Å². The molecule has 0 N–H and O–H groups in total. The molecule has 1 nitrogen and oxygen atoms in total. The van der Waals surface area contributed by atoms with Crippen LogP contribution in [0.2, 0.25) is 0 Å². The number of rotatable bonds is 2. The van der Waals surface area contributed by atoms with Gasteiger partial charge in [0.2, 0.25) is 0 Å². The fraction of sp³-hybridized carbons (Fsp3) is 0.462. The number of hydrogen-bond acceptors (Lipinski definition) is 1. The second kappa shape index (κ2) is 4.21.